The van der Waals surface area contributed by atoms with E-state index in [0.29, 0.717) is 13.2 Å². The number of hydrogen-bond acceptors (Lipinski definition) is 5. The zero-order valence-electron chi connectivity index (χ0n) is 26.4. The van der Waals surface area contributed by atoms with Crippen molar-refractivity contribution in [3.8, 4) is 0 Å². The van der Waals surface area contributed by atoms with Crippen LogP contribution in [0, 0.1) is 0 Å². The van der Waals surface area contributed by atoms with Gasteiger partial charge in [0, 0.05) is 0 Å². The third-order valence-corrected chi connectivity index (χ3v) is 7.39. The minimum absolute atomic E-state index is 0.318. The maximum atomic E-state index is 12.1. The van der Waals surface area contributed by atoms with Crippen molar-refractivity contribution in [3.63, 3.8) is 0 Å². The van der Waals surface area contributed by atoms with Gasteiger partial charge in [0.25, 0.3) is 0 Å². The Morgan fingerprint density at radius 2 is 0.950 bits per heavy atom. The largest absolute Gasteiger partial charge is 0.464 e. The molecule has 0 spiro atoms. The number of ether oxygens (including phenoxy) is 2. The lowest BCUT2D eigenvalue weighted by atomic mass is 10.1. The number of aliphatic hydroxyl groups is 1. The summed E-state index contributed by atoms with van der Waals surface area (Å²) in [6.07, 6.45) is 33.3. The molecule has 0 radical (unpaired) electrons. The number of esters is 1. The number of carbonyl (C=O) groups is 2. The second kappa shape index (κ2) is 32.0. The molecule has 0 aliphatic carbocycles. The number of allylic oxidation sites excluding steroid dienone is 2. The van der Waals surface area contributed by atoms with Crippen molar-refractivity contribution in [1.82, 2.24) is 5.32 Å². The molecule has 0 rings (SSSR count). The van der Waals surface area contributed by atoms with Crippen molar-refractivity contribution in [2.24, 2.45) is 0 Å². The number of hydrogen-bond donors (Lipinski definition) is 2. The number of carbonyl (C=O) groups excluding carboxylic acids is 2. The van der Waals surface area contributed by atoms with Gasteiger partial charge in [0.2, 0.25) is 0 Å². The first kappa shape index (κ1) is 38.4. The molecule has 0 bridgehead atoms. The van der Waals surface area contributed by atoms with Crippen molar-refractivity contribution in [1.29, 1.82) is 0 Å². The zero-order valence-corrected chi connectivity index (χ0v) is 26.4. The summed E-state index contributed by atoms with van der Waals surface area (Å²) in [4.78, 5) is 24.1. The fourth-order valence-electron chi connectivity index (χ4n) is 4.74. The number of aliphatic hydroxyl groups excluding tert-OH is 1. The van der Waals surface area contributed by atoms with Crippen LogP contribution >= 0.6 is 0 Å². The van der Waals surface area contributed by atoms with E-state index in [9.17, 15) is 14.7 Å². The third-order valence-electron chi connectivity index (χ3n) is 7.39. The van der Waals surface area contributed by atoms with Crippen LogP contribution in [0.2, 0.25) is 0 Å². The highest BCUT2D eigenvalue weighted by Gasteiger charge is 2.22. The molecule has 0 fully saturated rings. The molecule has 1 unspecified atom stereocenters. The van der Waals surface area contributed by atoms with Gasteiger partial charge in [-0.05, 0) is 38.5 Å². The Morgan fingerprint density at radius 3 is 1.38 bits per heavy atom. The van der Waals surface area contributed by atoms with Gasteiger partial charge < -0.3 is 19.9 Å². The highest BCUT2D eigenvalue weighted by atomic mass is 16.6. The lowest BCUT2D eigenvalue weighted by Gasteiger charge is -2.15. The van der Waals surface area contributed by atoms with Gasteiger partial charge in [0.05, 0.1) is 19.8 Å². The molecule has 0 aromatic carbocycles. The molecule has 0 heterocycles. The molecule has 40 heavy (non-hydrogen) atoms. The van der Waals surface area contributed by atoms with Gasteiger partial charge in [-0.25, -0.2) is 9.59 Å². The van der Waals surface area contributed by atoms with Gasteiger partial charge in [-0.15, -0.1) is 0 Å². The number of alkyl carbamates (subject to hydrolysis) is 1. The van der Waals surface area contributed by atoms with Crippen LogP contribution in [0.15, 0.2) is 12.2 Å². The summed E-state index contributed by atoms with van der Waals surface area (Å²) in [5.74, 6) is -0.604. The fourth-order valence-corrected chi connectivity index (χ4v) is 4.74. The molecule has 2 N–H and O–H groups in total. The molecule has 236 valence electrons. The summed E-state index contributed by atoms with van der Waals surface area (Å²) in [7, 11) is 0. The summed E-state index contributed by atoms with van der Waals surface area (Å²) in [6.45, 7) is 4.63. The van der Waals surface area contributed by atoms with Crippen LogP contribution in [0.1, 0.15) is 168 Å². The van der Waals surface area contributed by atoms with Crippen molar-refractivity contribution >= 4 is 12.1 Å². The van der Waals surface area contributed by atoms with Crippen molar-refractivity contribution in [2.75, 3.05) is 19.8 Å². The second-order valence-corrected chi connectivity index (χ2v) is 11.3. The normalized spacial score (nSPS) is 12.1. The lowest BCUT2D eigenvalue weighted by molar-refractivity contribution is -0.147. The number of amides is 1. The zero-order chi connectivity index (χ0) is 29.4. The van der Waals surface area contributed by atoms with E-state index in [-0.39, 0.29) is 0 Å². The van der Waals surface area contributed by atoms with Gasteiger partial charge >= 0.3 is 12.1 Å². The first-order chi connectivity index (χ1) is 19.7. The predicted molar refractivity (Wildman–Crippen MR) is 168 cm³/mol. The average molecular weight is 568 g/mol. The maximum Gasteiger partial charge on any atom is 0.407 e. The molecule has 0 aliphatic heterocycles. The molecule has 0 aliphatic rings. The topological polar surface area (TPSA) is 84.9 Å². The highest BCUT2D eigenvalue weighted by Crippen LogP contribution is 2.11. The lowest BCUT2D eigenvalue weighted by Crippen LogP contribution is -2.44. The average Bonchev–Trinajstić information content (AvgIpc) is 2.96. The van der Waals surface area contributed by atoms with Crippen LogP contribution in [0.5, 0.6) is 0 Å². The van der Waals surface area contributed by atoms with Crippen molar-refractivity contribution in [3.05, 3.63) is 12.2 Å². The smallest absolute Gasteiger partial charge is 0.407 e. The monoisotopic (exact) mass is 567 g/mol. The summed E-state index contributed by atoms with van der Waals surface area (Å²) < 4.78 is 10.4. The van der Waals surface area contributed by atoms with Gasteiger partial charge in [0.15, 0.2) is 6.04 Å². The Morgan fingerprint density at radius 1 is 0.575 bits per heavy atom. The highest BCUT2D eigenvalue weighted by molar-refractivity contribution is 5.81. The quantitative estimate of drug-likeness (QED) is 0.0513. The molecule has 0 aromatic heterocycles. The van der Waals surface area contributed by atoms with E-state index < -0.39 is 24.7 Å². The molecule has 1 atom stereocenters. The predicted octanol–water partition coefficient (Wildman–Crippen LogP) is 9.58. The SMILES string of the molecule is CCCCCCCC/C=C\CCCCCCCCOC(=O)NC(CO)C(=O)OCCCCCCCCCCCC. The first-order valence-electron chi connectivity index (χ1n) is 17.0. The Labute approximate surface area is 247 Å². The molecule has 0 aromatic rings. The van der Waals surface area contributed by atoms with Crippen LogP contribution in [-0.2, 0) is 14.3 Å². The molecule has 1 amide bonds. The Bertz CT molecular complexity index is 581. The summed E-state index contributed by atoms with van der Waals surface area (Å²) in [5.41, 5.74) is 0. The minimum Gasteiger partial charge on any atom is -0.464 e. The molecular weight excluding hydrogens is 502 g/mol. The number of rotatable bonds is 30. The Balaban J connectivity index is 3.56. The third kappa shape index (κ3) is 28.0. The molecule has 0 saturated carbocycles. The van der Waals surface area contributed by atoms with Gasteiger partial charge in [-0.1, -0.05) is 142 Å². The summed E-state index contributed by atoms with van der Waals surface area (Å²) >= 11 is 0. The van der Waals surface area contributed by atoms with E-state index in [4.69, 9.17) is 9.47 Å². The van der Waals surface area contributed by atoms with Crippen molar-refractivity contribution in [2.45, 2.75) is 174 Å². The maximum absolute atomic E-state index is 12.1. The first-order valence-corrected chi connectivity index (χ1v) is 17.0. The molecule has 0 saturated heterocycles. The van der Waals surface area contributed by atoms with Crippen LogP contribution in [0.4, 0.5) is 4.79 Å². The van der Waals surface area contributed by atoms with Crippen LogP contribution in [0.3, 0.4) is 0 Å². The van der Waals surface area contributed by atoms with E-state index in [1.54, 1.807) is 0 Å². The standard InChI is InChI=1S/C34H65NO5/c1-3-5-7-9-11-13-15-16-17-18-19-20-22-24-26-28-30-40-34(38)35-32(31-36)33(37)39-29-27-25-23-21-14-12-10-8-6-4-2/h16-17,32,36H,3-15,18-31H2,1-2H3,(H,35,38)/b17-16-. The summed E-state index contributed by atoms with van der Waals surface area (Å²) in [5, 5.41) is 11.9. The van der Waals surface area contributed by atoms with Gasteiger partial charge in [-0.2, -0.15) is 0 Å². The Kier molecular flexibility index (Phi) is 30.7. The minimum atomic E-state index is -1.07. The van der Waals surface area contributed by atoms with E-state index >= 15 is 0 Å². The van der Waals surface area contributed by atoms with Crippen LogP contribution in [0.25, 0.3) is 0 Å². The van der Waals surface area contributed by atoms with E-state index in [1.165, 1.54) is 116 Å². The van der Waals surface area contributed by atoms with E-state index in [0.717, 1.165) is 38.5 Å². The van der Waals surface area contributed by atoms with Crippen LogP contribution < -0.4 is 5.32 Å². The van der Waals surface area contributed by atoms with E-state index in [2.05, 4.69) is 31.3 Å². The van der Waals surface area contributed by atoms with Crippen LogP contribution in [-0.4, -0.2) is 43.0 Å². The second-order valence-electron chi connectivity index (χ2n) is 11.3. The fraction of sp³-hybridized carbons (Fsp3) is 0.882. The molecule has 6 nitrogen and oxygen atoms in total. The van der Waals surface area contributed by atoms with Gasteiger partial charge in [0.1, 0.15) is 0 Å². The number of unbranched alkanes of at least 4 members (excludes halogenated alkanes) is 21. The molecular formula is C34H65NO5. The molecule has 6 heteroatoms. The van der Waals surface area contributed by atoms with Gasteiger partial charge in [-0.3, -0.25) is 0 Å². The number of nitrogens with one attached hydrogen (secondary N) is 1. The Hall–Kier alpha value is -1.56. The van der Waals surface area contributed by atoms with Crippen molar-refractivity contribution < 1.29 is 24.2 Å². The summed E-state index contributed by atoms with van der Waals surface area (Å²) in [6, 6.07) is -1.07. The van der Waals surface area contributed by atoms with E-state index in [1.807, 2.05) is 0 Å².